The molecule has 0 aliphatic heterocycles. The van der Waals surface area contributed by atoms with Crippen LogP contribution in [-0.4, -0.2) is 25.7 Å². The van der Waals surface area contributed by atoms with Crippen molar-refractivity contribution in [3.05, 3.63) is 47.1 Å². The van der Waals surface area contributed by atoms with E-state index in [0.717, 1.165) is 5.56 Å². The van der Waals surface area contributed by atoms with Crippen molar-refractivity contribution in [2.75, 3.05) is 11.8 Å². The third-order valence-corrected chi connectivity index (χ3v) is 4.31. The van der Waals surface area contributed by atoms with E-state index in [-0.39, 0.29) is 15.7 Å². The molecule has 0 radical (unpaired) electrons. The molecule has 2 N–H and O–H groups in total. The molecular weight excluding hydrogens is 300 g/mol. The van der Waals surface area contributed by atoms with Crippen LogP contribution >= 0.6 is 11.6 Å². The molecule has 0 saturated heterocycles. The fraction of sp³-hybridized carbons (Fsp3) is 0.167. The Morgan fingerprint density at radius 3 is 2.75 bits per heavy atom. The highest BCUT2D eigenvalue weighted by Gasteiger charge is 2.19. The van der Waals surface area contributed by atoms with E-state index in [2.05, 4.69) is 20.2 Å². The number of sulfonamides is 1. The molecule has 0 spiro atoms. The molecule has 6 nitrogen and oxygen atoms in total. The highest BCUT2D eigenvalue weighted by molar-refractivity contribution is 7.92. The summed E-state index contributed by atoms with van der Waals surface area (Å²) >= 11 is 5.97. The predicted molar refractivity (Wildman–Crippen MR) is 77.1 cm³/mol. The minimum Gasteiger partial charge on any atom is -0.316 e. The molecule has 8 heteroatoms. The van der Waals surface area contributed by atoms with Crippen molar-refractivity contribution in [3.8, 4) is 0 Å². The minimum atomic E-state index is -3.80. The second-order valence-electron chi connectivity index (χ2n) is 4.01. The van der Waals surface area contributed by atoms with Gasteiger partial charge in [-0.25, -0.2) is 8.42 Å². The summed E-state index contributed by atoms with van der Waals surface area (Å²) in [6.45, 7) is 0.546. The van der Waals surface area contributed by atoms with Gasteiger partial charge in [-0.05, 0) is 36.9 Å². The van der Waals surface area contributed by atoms with Crippen LogP contribution in [0.15, 0.2) is 41.4 Å². The van der Waals surface area contributed by atoms with E-state index in [0.29, 0.717) is 6.54 Å². The lowest BCUT2D eigenvalue weighted by Crippen LogP contribution is -2.15. The Hall–Kier alpha value is -1.70. The van der Waals surface area contributed by atoms with E-state index in [1.54, 1.807) is 25.2 Å². The third-order valence-electron chi connectivity index (χ3n) is 2.48. The monoisotopic (exact) mass is 312 g/mol. The Bertz CT molecular complexity index is 692. The average molecular weight is 313 g/mol. The molecule has 0 unspecified atom stereocenters. The Kier molecular flexibility index (Phi) is 4.53. The molecule has 2 aromatic rings. The Morgan fingerprint density at radius 2 is 2.10 bits per heavy atom. The van der Waals surface area contributed by atoms with Crippen LogP contribution in [0.25, 0.3) is 0 Å². The molecule has 0 saturated carbocycles. The molecule has 106 valence electrons. The van der Waals surface area contributed by atoms with Crippen molar-refractivity contribution in [3.63, 3.8) is 0 Å². The third kappa shape index (κ3) is 3.44. The number of benzene rings is 1. The summed E-state index contributed by atoms with van der Waals surface area (Å²) in [5.41, 5.74) is 0.816. The van der Waals surface area contributed by atoms with Gasteiger partial charge in [0.1, 0.15) is 4.90 Å². The summed E-state index contributed by atoms with van der Waals surface area (Å²) in [4.78, 5) is 0.0116. The predicted octanol–water partition coefficient (Wildman–Crippen LogP) is 1.65. The van der Waals surface area contributed by atoms with Gasteiger partial charge in [0.2, 0.25) is 0 Å². The molecule has 2 rings (SSSR count). The van der Waals surface area contributed by atoms with E-state index in [1.165, 1.54) is 18.3 Å². The van der Waals surface area contributed by atoms with E-state index < -0.39 is 10.0 Å². The lowest BCUT2D eigenvalue weighted by Gasteiger charge is -2.10. The van der Waals surface area contributed by atoms with Crippen LogP contribution in [0.2, 0.25) is 5.02 Å². The molecule has 1 aromatic heterocycles. The van der Waals surface area contributed by atoms with Gasteiger partial charge >= 0.3 is 0 Å². The zero-order valence-corrected chi connectivity index (χ0v) is 12.2. The number of hydrogen-bond acceptors (Lipinski definition) is 5. The first-order chi connectivity index (χ1) is 9.53. The maximum Gasteiger partial charge on any atom is 0.264 e. The highest BCUT2D eigenvalue weighted by atomic mass is 35.5. The summed E-state index contributed by atoms with van der Waals surface area (Å²) in [7, 11) is -2.02. The quantitative estimate of drug-likeness (QED) is 0.877. The van der Waals surface area contributed by atoms with Gasteiger partial charge in [0.25, 0.3) is 10.0 Å². The number of rotatable bonds is 5. The Labute approximate surface area is 122 Å². The first-order valence-corrected chi connectivity index (χ1v) is 7.62. The second kappa shape index (κ2) is 6.17. The van der Waals surface area contributed by atoms with Crippen LogP contribution in [0.3, 0.4) is 0 Å². The molecule has 0 fully saturated rings. The summed E-state index contributed by atoms with van der Waals surface area (Å²) < 4.78 is 26.9. The lowest BCUT2D eigenvalue weighted by atomic mass is 10.2. The van der Waals surface area contributed by atoms with Gasteiger partial charge in [-0.3, -0.25) is 4.72 Å². The average Bonchev–Trinajstić information content (AvgIpc) is 2.42. The largest absolute Gasteiger partial charge is 0.316 e. The maximum atomic E-state index is 12.3. The summed E-state index contributed by atoms with van der Waals surface area (Å²) in [6, 6.07) is 7.94. The van der Waals surface area contributed by atoms with Crippen LogP contribution in [0.4, 0.5) is 5.82 Å². The highest BCUT2D eigenvalue weighted by Crippen LogP contribution is 2.24. The number of anilines is 1. The topological polar surface area (TPSA) is 84.0 Å². The van der Waals surface area contributed by atoms with Crippen LogP contribution in [0.1, 0.15) is 5.56 Å². The summed E-state index contributed by atoms with van der Waals surface area (Å²) in [5.74, 6) is 0.141. The number of aromatic nitrogens is 2. The molecule has 0 aliphatic rings. The molecule has 0 bridgehead atoms. The number of nitrogens with zero attached hydrogens (tertiary/aromatic N) is 2. The fourth-order valence-electron chi connectivity index (χ4n) is 1.62. The molecule has 0 amide bonds. The van der Waals surface area contributed by atoms with E-state index in [4.69, 9.17) is 11.6 Å². The van der Waals surface area contributed by atoms with E-state index >= 15 is 0 Å². The zero-order chi connectivity index (χ0) is 14.6. The molecule has 1 heterocycles. The van der Waals surface area contributed by atoms with Crippen LogP contribution in [-0.2, 0) is 16.6 Å². The maximum absolute atomic E-state index is 12.3. The van der Waals surface area contributed by atoms with Gasteiger partial charge in [-0.15, -0.1) is 5.10 Å². The molecule has 0 aliphatic carbocycles. The van der Waals surface area contributed by atoms with Crippen molar-refractivity contribution < 1.29 is 8.42 Å². The fourth-order valence-corrected chi connectivity index (χ4v) is 3.16. The number of halogens is 1. The van der Waals surface area contributed by atoms with Crippen molar-refractivity contribution >= 4 is 27.4 Å². The SMILES string of the molecule is CNCc1ccc(Cl)c(S(=O)(=O)Nc2cccnn2)c1. The van der Waals surface area contributed by atoms with Crippen LogP contribution in [0.5, 0.6) is 0 Å². The molecule has 20 heavy (non-hydrogen) atoms. The van der Waals surface area contributed by atoms with Gasteiger partial charge in [-0.1, -0.05) is 17.7 Å². The van der Waals surface area contributed by atoms with Crippen molar-refractivity contribution in [1.82, 2.24) is 15.5 Å². The first-order valence-electron chi connectivity index (χ1n) is 5.76. The van der Waals surface area contributed by atoms with E-state index in [1.807, 2.05) is 0 Å². The van der Waals surface area contributed by atoms with Gasteiger partial charge in [0.05, 0.1) is 5.02 Å². The first kappa shape index (κ1) is 14.7. The standard InChI is InChI=1S/C12H13ClN4O2S/c1-14-8-9-4-5-10(13)11(7-9)20(18,19)17-12-3-2-6-15-16-12/h2-7,14H,8H2,1H3,(H,16,17). The Balaban J connectivity index is 2.36. The number of hydrogen-bond donors (Lipinski definition) is 2. The van der Waals surface area contributed by atoms with Gasteiger partial charge in [0.15, 0.2) is 5.82 Å². The molecular formula is C12H13ClN4O2S. The van der Waals surface area contributed by atoms with Crippen molar-refractivity contribution in [2.45, 2.75) is 11.4 Å². The van der Waals surface area contributed by atoms with Gasteiger partial charge < -0.3 is 5.32 Å². The van der Waals surface area contributed by atoms with Gasteiger partial charge in [0, 0.05) is 12.7 Å². The molecule has 0 atom stereocenters. The van der Waals surface area contributed by atoms with Crippen LogP contribution < -0.4 is 10.0 Å². The lowest BCUT2D eigenvalue weighted by molar-refractivity contribution is 0.600. The van der Waals surface area contributed by atoms with Crippen molar-refractivity contribution in [2.24, 2.45) is 0 Å². The second-order valence-corrected chi connectivity index (χ2v) is 6.07. The van der Waals surface area contributed by atoms with Crippen molar-refractivity contribution in [1.29, 1.82) is 0 Å². The van der Waals surface area contributed by atoms with E-state index in [9.17, 15) is 8.42 Å². The van der Waals surface area contributed by atoms with Gasteiger partial charge in [-0.2, -0.15) is 5.10 Å². The smallest absolute Gasteiger partial charge is 0.264 e. The molecule has 1 aromatic carbocycles. The normalized spacial score (nSPS) is 11.3. The number of nitrogens with one attached hydrogen (secondary N) is 2. The van der Waals surface area contributed by atoms with Crippen LogP contribution in [0, 0.1) is 0 Å². The summed E-state index contributed by atoms with van der Waals surface area (Å²) in [5, 5.41) is 10.4. The zero-order valence-electron chi connectivity index (χ0n) is 10.7. The Morgan fingerprint density at radius 1 is 1.30 bits per heavy atom. The summed E-state index contributed by atoms with van der Waals surface area (Å²) in [6.07, 6.45) is 1.46. The minimum absolute atomic E-state index is 0.0116.